The quantitative estimate of drug-likeness (QED) is 0.797. The minimum Gasteiger partial charge on any atom is -0.495 e. The second-order valence-corrected chi connectivity index (χ2v) is 7.41. The van der Waals surface area contributed by atoms with Crippen LogP contribution in [0.3, 0.4) is 0 Å². The van der Waals surface area contributed by atoms with Crippen LogP contribution >= 0.6 is 11.6 Å². The molecule has 2 aromatic rings. The van der Waals surface area contributed by atoms with Crippen LogP contribution in [0.4, 0.5) is 5.69 Å². The van der Waals surface area contributed by atoms with E-state index in [0.29, 0.717) is 34.8 Å². The number of carbonyl (C=O) groups excluding carboxylic acids is 1. The summed E-state index contributed by atoms with van der Waals surface area (Å²) < 4.78 is 5.31. The highest BCUT2D eigenvalue weighted by Gasteiger charge is 2.37. The van der Waals surface area contributed by atoms with E-state index in [9.17, 15) is 4.79 Å². The van der Waals surface area contributed by atoms with Gasteiger partial charge in [0.1, 0.15) is 5.75 Å². The summed E-state index contributed by atoms with van der Waals surface area (Å²) in [7, 11) is 1.57. The van der Waals surface area contributed by atoms with Crippen LogP contribution in [0, 0.1) is 5.92 Å². The van der Waals surface area contributed by atoms with E-state index >= 15 is 0 Å². The van der Waals surface area contributed by atoms with Gasteiger partial charge < -0.3 is 15.8 Å². The molecule has 1 heterocycles. The fraction of sp³-hybridized carbons (Fsp3) is 0.381. The summed E-state index contributed by atoms with van der Waals surface area (Å²) in [6, 6.07) is 15.3. The van der Waals surface area contributed by atoms with Crippen molar-refractivity contribution in [3.05, 3.63) is 59.1 Å². The lowest BCUT2D eigenvalue weighted by molar-refractivity contribution is -0.120. The third kappa shape index (κ3) is 4.43. The fourth-order valence-corrected chi connectivity index (χ4v) is 3.89. The van der Waals surface area contributed by atoms with E-state index in [4.69, 9.17) is 22.1 Å². The Morgan fingerprint density at radius 1 is 1.30 bits per heavy atom. The molecule has 3 atom stereocenters. The molecule has 2 aromatic carbocycles. The molecule has 6 heteroatoms. The van der Waals surface area contributed by atoms with Crippen LogP contribution < -0.4 is 15.8 Å². The van der Waals surface area contributed by atoms with E-state index in [-0.39, 0.29) is 11.9 Å². The first kappa shape index (κ1) is 19.7. The lowest BCUT2D eigenvalue weighted by Gasteiger charge is -2.24. The Kier molecular flexibility index (Phi) is 6.37. The molecule has 5 nitrogen and oxygen atoms in total. The molecule has 0 aromatic heterocycles. The number of halogens is 1. The lowest BCUT2D eigenvalue weighted by Crippen LogP contribution is -2.41. The van der Waals surface area contributed by atoms with E-state index in [2.05, 4.69) is 22.3 Å². The van der Waals surface area contributed by atoms with Crippen LogP contribution in [0.2, 0.25) is 5.02 Å². The molecule has 1 aliphatic heterocycles. The Morgan fingerprint density at radius 2 is 2.04 bits per heavy atom. The number of nitrogens with one attached hydrogen (secondary N) is 1. The molecule has 1 unspecified atom stereocenters. The van der Waals surface area contributed by atoms with Gasteiger partial charge in [-0.15, -0.1) is 0 Å². The lowest BCUT2D eigenvalue weighted by atomic mass is 9.89. The molecular weight excluding hydrogens is 362 g/mol. The molecular formula is C21H26ClN3O2. The summed E-state index contributed by atoms with van der Waals surface area (Å²) in [6.07, 6.45) is 0. The van der Waals surface area contributed by atoms with Gasteiger partial charge in [-0.05, 0) is 43.1 Å². The summed E-state index contributed by atoms with van der Waals surface area (Å²) in [5.41, 5.74) is 7.88. The van der Waals surface area contributed by atoms with Crippen LogP contribution in [0.1, 0.15) is 18.4 Å². The maximum atomic E-state index is 12.8. The number of anilines is 1. The second kappa shape index (κ2) is 8.74. The number of nitrogens with zero attached hydrogens (tertiary/aromatic N) is 1. The van der Waals surface area contributed by atoms with Gasteiger partial charge in [-0.3, -0.25) is 9.69 Å². The number of hydrogen-bond acceptors (Lipinski definition) is 4. The number of carbonyl (C=O) groups is 1. The highest BCUT2D eigenvalue weighted by molar-refractivity contribution is 6.31. The van der Waals surface area contributed by atoms with Gasteiger partial charge in [0.2, 0.25) is 5.91 Å². The van der Waals surface area contributed by atoms with Crippen molar-refractivity contribution in [3.63, 3.8) is 0 Å². The van der Waals surface area contributed by atoms with E-state index in [1.165, 1.54) is 5.56 Å². The molecule has 1 saturated heterocycles. The molecule has 3 N–H and O–H groups in total. The number of rotatable bonds is 6. The Bertz CT molecular complexity index is 784. The molecule has 3 rings (SSSR count). The van der Waals surface area contributed by atoms with Gasteiger partial charge in [-0.1, -0.05) is 41.9 Å². The Morgan fingerprint density at radius 3 is 2.70 bits per heavy atom. The van der Waals surface area contributed by atoms with Crippen LogP contribution in [-0.2, 0) is 4.79 Å². The maximum absolute atomic E-state index is 12.8. The molecule has 27 heavy (non-hydrogen) atoms. The fourth-order valence-electron chi connectivity index (χ4n) is 3.72. The SMILES string of the molecule is COc1ccc(Cl)cc1NC(=O)C(C)N1C[C@@H](CN)[C@H](c2ccccc2)C1. The first-order valence-corrected chi connectivity index (χ1v) is 9.54. The average molecular weight is 388 g/mol. The minimum atomic E-state index is -0.281. The predicted molar refractivity (Wildman–Crippen MR) is 109 cm³/mol. The summed E-state index contributed by atoms with van der Waals surface area (Å²) in [5.74, 6) is 1.18. The average Bonchev–Trinajstić information content (AvgIpc) is 3.12. The van der Waals surface area contributed by atoms with Crippen molar-refractivity contribution in [3.8, 4) is 5.75 Å². The van der Waals surface area contributed by atoms with Gasteiger partial charge in [-0.2, -0.15) is 0 Å². The summed E-state index contributed by atoms with van der Waals surface area (Å²) >= 11 is 6.06. The minimum absolute atomic E-state index is 0.0833. The first-order chi connectivity index (χ1) is 13.0. The van der Waals surface area contributed by atoms with Crippen molar-refractivity contribution < 1.29 is 9.53 Å². The number of hydrogen-bond donors (Lipinski definition) is 2. The van der Waals surface area contributed by atoms with Gasteiger partial charge in [-0.25, -0.2) is 0 Å². The molecule has 0 saturated carbocycles. The molecule has 0 radical (unpaired) electrons. The molecule has 0 bridgehead atoms. The molecule has 0 aliphatic carbocycles. The molecule has 1 fully saturated rings. The van der Waals surface area contributed by atoms with Crippen LogP contribution in [-0.4, -0.2) is 43.6 Å². The monoisotopic (exact) mass is 387 g/mol. The van der Waals surface area contributed by atoms with E-state index in [0.717, 1.165) is 13.1 Å². The number of methoxy groups -OCH3 is 1. The zero-order valence-electron chi connectivity index (χ0n) is 15.7. The number of likely N-dealkylation sites (tertiary alicyclic amines) is 1. The van der Waals surface area contributed by atoms with Gasteiger partial charge >= 0.3 is 0 Å². The standard InChI is InChI=1S/C21H26ClN3O2/c1-14(21(26)24-19-10-17(22)8-9-20(19)27-2)25-12-16(11-23)18(13-25)15-6-4-3-5-7-15/h3-10,14,16,18H,11-13,23H2,1-2H3,(H,24,26)/t14?,16-,18+/m1/s1. The zero-order chi connectivity index (χ0) is 19.4. The Labute approximate surface area is 165 Å². The number of nitrogens with two attached hydrogens (primary N) is 1. The zero-order valence-corrected chi connectivity index (χ0v) is 16.4. The van der Waals surface area contributed by atoms with Gasteiger partial charge in [0.05, 0.1) is 18.8 Å². The van der Waals surface area contributed by atoms with Gasteiger partial charge in [0.25, 0.3) is 0 Å². The largest absolute Gasteiger partial charge is 0.495 e. The van der Waals surface area contributed by atoms with E-state index in [1.54, 1.807) is 25.3 Å². The molecule has 0 spiro atoms. The van der Waals surface area contributed by atoms with Crippen molar-refractivity contribution in [2.75, 3.05) is 32.1 Å². The Hall–Kier alpha value is -2.08. The third-order valence-corrected chi connectivity index (χ3v) is 5.58. The summed E-state index contributed by atoms with van der Waals surface area (Å²) in [4.78, 5) is 15.0. The number of amides is 1. The van der Waals surface area contributed by atoms with Crippen LogP contribution in [0.5, 0.6) is 5.75 Å². The van der Waals surface area contributed by atoms with Gasteiger partial charge in [0.15, 0.2) is 0 Å². The topological polar surface area (TPSA) is 67.6 Å². The van der Waals surface area contributed by atoms with E-state index < -0.39 is 0 Å². The summed E-state index contributed by atoms with van der Waals surface area (Å²) in [6.45, 7) is 4.14. The second-order valence-electron chi connectivity index (χ2n) is 6.98. The first-order valence-electron chi connectivity index (χ1n) is 9.17. The number of benzene rings is 2. The van der Waals surface area contributed by atoms with E-state index in [1.807, 2.05) is 25.1 Å². The maximum Gasteiger partial charge on any atom is 0.241 e. The van der Waals surface area contributed by atoms with Crippen molar-refractivity contribution in [2.24, 2.45) is 11.7 Å². The Balaban J connectivity index is 1.71. The van der Waals surface area contributed by atoms with Crippen LogP contribution in [0.25, 0.3) is 0 Å². The third-order valence-electron chi connectivity index (χ3n) is 5.35. The molecule has 144 valence electrons. The predicted octanol–water partition coefficient (Wildman–Crippen LogP) is 3.35. The number of ether oxygens (including phenoxy) is 1. The van der Waals surface area contributed by atoms with Crippen molar-refractivity contribution in [1.29, 1.82) is 0 Å². The summed E-state index contributed by atoms with van der Waals surface area (Å²) in [5, 5.41) is 3.49. The van der Waals surface area contributed by atoms with Crippen molar-refractivity contribution in [1.82, 2.24) is 4.90 Å². The van der Waals surface area contributed by atoms with Gasteiger partial charge in [0, 0.05) is 24.0 Å². The molecule has 1 amide bonds. The normalized spacial score (nSPS) is 21.0. The van der Waals surface area contributed by atoms with Crippen molar-refractivity contribution >= 4 is 23.2 Å². The highest BCUT2D eigenvalue weighted by atomic mass is 35.5. The van der Waals surface area contributed by atoms with Crippen molar-refractivity contribution in [2.45, 2.75) is 18.9 Å². The van der Waals surface area contributed by atoms with Crippen LogP contribution in [0.15, 0.2) is 48.5 Å². The highest BCUT2D eigenvalue weighted by Crippen LogP contribution is 2.34. The smallest absolute Gasteiger partial charge is 0.241 e. The molecule has 1 aliphatic rings.